The Hall–Kier alpha value is -2.77. The van der Waals surface area contributed by atoms with Crippen LogP contribution in [0.4, 0.5) is 5.69 Å². The van der Waals surface area contributed by atoms with Gasteiger partial charge in [-0.15, -0.1) is 0 Å². The van der Waals surface area contributed by atoms with Gasteiger partial charge in [-0.05, 0) is 85.5 Å². The maximum atomic E-state index is 12.3. The fourth-order valence-electron chi connectivity index (χ4n) is 5.33. The second kappa shape index (κ2) is 10.9. The molecule has 0 amide bonds. The number of anilines is 1. The zero-order valence-corrected chi connectivity index (χ0v) is 21.2. The summed E-state index contributed by atoms with van der Waals surface area (Å²) in [7, 11) is 3.34. The smallest absolute Gasteiger partial charge is 0.329 e. The molecule has 2 N–H and O–H groups in total. The van der Waals surface area contributed by atoms with Crippen LogP contribution in [0.5, 0.6) is 11.5 Å². The lowest BCUT2D eigenvalue weighted by Gasteiger charge is -2.35. The first-order chi connectivity index (χ1) is 16.9. The van der Waals surface area contributed by atoms with Crippen molar-refractivity contribution in [3.8, 4) is 22.6 Å². The molecular weight excluding hydrogens is 446 g/mol. The number of hydrogen-bond acceptors (Lipinski definition) is 6. The summed E-state index contributed by atoms with van der Waals surface area (Å²) >= 11 is 0. The number of carbonyl (C=O) groups is 1. The Balaban J connectivity index is 1.76. The number of carboxylic acid groups (broad SMARTS) is 1. The third kappa shape index (κ3) is 5.41. The summed E-state index contributed by atoms with van der Waals surface area (Å²) in [5.74, 6) is 1.27. The number of ether oxygens (including phenoxy) is 4. The van der Waals surface area contributed by atoms with E-state index in [2.05, 4.69) is 36.5 Å². The van der Waals surface area contributed by atoms with Crippen LogP contribution in [0.3, 0.4) is 0 Å². The van der Waals surface area contributed by atoms with Gasteiger partial charge >= 0.3 is 5.97 Å². The van der Waals surface area contributed by atoms with Crippen LogP contribution >= 0.6 is 0 Å². The van der Waals surface area contributed by atoms with Gasteiger partial charge in [0.05, 0.1) is 14.2 Å². The van der Waals surface area contributed by atoms with E-state index in [0.29, 0.717) is 32.0 Å². The molecule has 190 valence electrons. The molecule has 0 aromatic heterocycles. The quantitative estimate of drug-likeness (QED) is 0.519. The van der Waals surface area contributed by atoms with E-state index in [1.165, 1.54) is 5.56 Å². The molecule has 35 heavy (non-hydrogen) atoms. The molecule has 2 aliphatic rings. The summed E-state index contributed by atoms with van der Waals surface area (Å²) in [4.78, 5) is 12.3. The lowest BCUT2D eigenvalue weighted by molar-refractivity contribution is -0.145. The molecule has 7 heteroatoms. The van der Waals surface area contributed by atoms with Crippen LogP contribution in [-0.2, 0) is 20.7 Å². The molecule has 2 aromatic carbocycles. The van der Waals surface area contributed by atoms with E-state index in [-0.39, 0.29) is 0 Å². The Labute approximate surface area is 207 Å². The van der Waals surface area contributed by atoms with E-state index in [9.17, 15) is 9.90 Å². The number of aliphatic carboxylic acids is 1. The molecule has 4 rings (SSSR count). The van der Waals surface area contributed by atoms with Gasteiger partial charge < -0.3 is 29.4 Å². The molecule has 1 atom stereocenters. The number of nitrogens with one attached hydrogen (secondary N) is 1. The Kier molecular flexibility index (Phi) is 7.87. The number of benzene rings is 2. The minimum atomic E-state index is -1.01. The summed E-state index contributed by atoms with van der Waals surface area (Å²) in [5, 5.41) is 13.4. The van der Waals surface area contributed by atoms with Crippen molar-refractivity contribution in [2.24, 2.45) is 5.92 Å². The number of rotatable bonds is 9. The lowest BCUT2D eigenvalue weighted by Crippen LogP contribution is -2.50. The van der Waals surface area contributed by atoms with Crippen LogP contribution in [-0.4, -0.2) is 57.3 Å². The molecule has 1 unspecified atom stereocenters. The standard InChI is InChI=1S/C28H37NO6/c1-18-13-23(29-28(27(30)31)8-11-34-12-9-28)14-21(6-5-20-7-10-35-17-20)26(18)22-15-24(32-3)19(2)25(16-22)33-4/h13-16,20,29H,5-12,17H2,1-4H3,(H,30,31). The van der Waals surface area contributed by atoms with Gasteiger partial charge in [0, 0.05) is 50.5 Å². The van der Waals surface area contributed by atoms with Gasteiger partial charge in [-0.25, -0.2) is 4.79 Å². The minimum absolute atomic E-state index is 0.435. The average molecular weight is 484 g/mol. The van der Waals surface area contributed by atoms with Gasteiger partial charge in [-0.3, -0.25) is 0 Å². The number of carboxylic acids is 1. The molecule has 2 fully saturated rings. The molecule has 2 heterocycles. The van der Waals surface area contributed by atoms with Crippen LogP contribution in [0, 0.1) is 19.8 Å². The van der Waals surface area contributed by atoms with Gasteiger partial charge in [-0.1, -0.05) is 0 Å². The highest BCUT2D eigenvalue weighted by atomic mass is 16.5. The van der Waals surface area contributed by atoms with Crippen molar-refractivity contribution in [2.45, 2.75) is 51.5 Å². The highest BCUT2D eigenvalue weighted by Gasteiger charge is 2.40. The van der Waals surface area contributed by atoms with Crippen molar-refractivity contribution in [1.29, 1.82) is 0 Å². The number of aryl methyl sites for hydroxylation is 2. The monoisotopic (exact) mass is 483 g/mol. The number of methoxy groups -OCH3 is 2. The van der Waals surface area contributed by atoms with E-state index in [1.807, 2.05) is 6.92 Å². The topological polar surface area (TPSA) is 86.3 Å². The van der Waals surface area contributed by atoms with Crippen LogP contribution < -0.4 is 14.8 Å². The third-order valence-corrected chi connectivity index (χ3v) is 7.44. The molecule has 0 aliphatic carbocycles. The second-order valence-corrected chi connectivity index (χ2v) is 9.73. The summed E-state index contributed by atoms with van der Waals surface area (Å²) in [5.41, 5.74) is 5.21. The van der Waals surface area contributed by atoms with Crippen LogP contribution in [0.15, 0.2) is 24.3 Å². The Morgan fingerprint density at radius 1 is 1.06 bits per heavy atom. The average Bonchev–Trinajstić information content (AvgIpc) is 3.37. The summed E-state index contributed by atoms with van der Waals surface area (Å²) in [6, 6.07) is 8.30. The van der Waals surface area contributed by atoms with Gasteiger partial charge in [0.25, 0.3) is 0 Å². The van der Waals surface area contributed by atoms with E-state index < -0.39 is 11.5 Å². The molecule has 0 spiro atoms. The fraction of sp³-hybridized carbons (Fsp3) is 0.536. The van der Waals surface area contributed by atoms with Crippen molar-refractivity contribution in [3.63, 3.8) is 0 Å². The van der Waals surface area contributed by atoms with E-state index >= 15 is 0 Å². The lowest BCUT2D eigenvalue weighted by atomic mass is 9.87. The summed E-state index contributed by atoms with van der Waals surface area (Å²) in [6.07, 6.45) is 3.85. The normalized spacial score (nSPS) is 19.4. The maximum absolute atomic E-state index is 12.3. The van der Waals surface area contributed by atoms with Gasteiger partial charge in [-0.2, -0.15) is 0 Å². The highest BCUT2D eigenvalue weighted by Crippen LogP contribution is 2.40. The molecule has 0 bridgehead atoms. The van der Waals surface area contributed by atoms with Gasteiger partial charge in [0.2, 0.25) is 0 Å². The van der Waals surface area contributed by atoms with Gasteiger partial charge in [0.1, 0.15) is 17.0 Å². The van der Waals surface area contributed by atoms with Crippen LogP contribution in [0.1, 0.15) is 42.4 Å². The van der Waals surface area contributed by atoms with Crippen molar-refractivity contribution in [2.75, 3.05) is 46.0 Å². The third-order valence-electron chi connectivity index (χ3n) is 7.44. The van der Waals surface area contributed by atoms with Crippen molar-refractivity contribution in [3.05, 3.63) is 41.0 Å². The molecule has 7 nitrogen and oxygen atoms in total. The van der Waals surface area contributed by atoms with Gasteiger partial charge in [0.15, 0.2) is 0 Å². The molecule has 2 aliphatic heterocycles. The molecular formula is C28H37NO6. The first kappa shape index (κ1) is 25.3. The van der Waals surface area contributed by atoms with E-state index in [4.69, 9.17) is 18.9 Å². The summed E-state index contributed by atoms with van der Waals surface area (Å²) in [6.45, 7) is 6.58. The Morgan fingerprint density at radius 2 is 1.74 bits per heavy atom. The highest BCUT2D eigenvalue weighted by molar-refractivity contribution is 5.84. The zero-order chi connectivity index (χ0) is 25.0. The van der Waals surface area contributed by atoms with Crippen molar-refractivity contribution >= 4 is 11.7 Å². The number of hydrogen-bond donors (Lipinski definition) is 2. The van der Waals surface area contributed by atoms with E-state index in [1.54, 1.807) is 14.2 Å². The molecule has 0 radical (unpaired) electrons. The molecule has 2 saturated heterocycles. The van der Waals surface area contributed by atoms with Crippen LogP contribution in [0.2, 0.25) is 0 Å². The Bertz CT molecular complexity index is 1030. The van der Waals surface area contributed by atoms with Crippen molar-refractivity contribution in [1.82, 2.24) is 0 Å². The first-order valence-corrected chi connectivity index (χ1v) is 12.4. The zero-order valence-electron chi connectivity index (χ0n) is 21.2. The molecule has 0 saturated carbocycles. The minimum Gasteiger partial charge on any atom is -0.496 e. The van der Waals surface area contributed by atoms with Crippen LogP contribution in [0.25, 0.3) is 11.1 Å². The largest absolute Gasteiger partial charge is 0.496 e. The Morgan fingerprint density at radius 3 is 2.31 bits per heavy atom. The fourth-order valence-corrected chi connectivity index (χ4v) is 5.33. The molecule has 2 aromatic rings. The maximum Gasteiger partial charge on any atom is 0.329 e. The second-order valence-electron chi connectivity index (χ2n) is 9.73. The SMILES string of the molecule is COc1cc(-c2c(C)cc(NC3(C(=O)O)CCOCC3)cc2CCC2CCOC2)cc(OC)c1C. The first-order valence-electron chi connectivity index (χ1n) is 12.4. The predicted octanol–water partition coefficient (Wildman–Crippen LogP) is 5.00. The summed E-state index contributed by atoms with van der Waals surface area (Å²) < 4.78 is 22.3. The van der Waals surface area contributed by atoms with Crippen molar-refractivity contribution < 1.29 is 28.8 Å². The van der Waals surface area contributed by atoms with E-state index in [0.717, 1.165) is 71.9 Å². The predicted molar refractivity (Wildman–Crippen MR) is 136 cm³/mol.